The van der Waals surface area contributed by atoms with Crippen molar-refractivity contribution in [3.05, 3.63) is 81.6 Å². The largest absolute Gasteiger partial charge is 0.386 e. The summed E-state index contributed by atoms with van der Waals surface area (Å²) in [7, 11) is 0. The molecule has 0 radical (unpaired) electrons. The number of piperidine rings is 1. The number of thiazole rings is 1. The van der Waals surface area contributed by atoms with Gasteiger partial charge in [-0.3, -0.25) is 43.9 Å². The SMILES string of the molecule is CC(C)(O)c1cc2nc(C3CCC(C(=O)N4CCN(CCCNc5cccc6c5C(=O)N(C5CCC(=O)NC5=O)C6=O)CC4)CC3)sc2cc1NC(=O)c1cccc(C#N)n1. The molecular weight excluding hydrogens is 799 g/mol. The van der Waals surface area contributed by atoms with Crippen LogP contribution in [0, 0.1) is 17.2 Å². The van der Waals surface area contributed by atoms with Crippen LogP contribution >= 0.6 is 11.3 Å². The minimum absolute atomic E-state index is 0.0359. The molecule has 16 nitrogen and oxygen atoms in total. The van der Waals surface area contributed by atoms with Gasteiger partial charge >= 0.3 is 0 Å². The summed E-state index contributed by atoms with van der Waals surface area (Å²) in [6.45, 7) is 7.50. The van der Waals surface area contributed by atoms with E-state index >= 15 is 0 Å². The summed E-state index contributed by atoms with van der Waals surface area (Å²) in [6, 6.07) is 14.3. The van der Waals surface area contributed by atoms with Crippen LogP contribution in [0.15, 0.2) is 48.5 Å². The van der Waals surface area contributed by atoms with Crippen LogP contribution in [0.1, 0.15) is 112 Å². The number of nitriles is 1. The average Bonchev–Trinajstić information content (AvgIpc) is 3.79. The van der Waals surface area contributed by atoms with Gasteiger partial charge in [0.1, 0.15) is 23.5 Å². The molecule has 2 aromatic heterocycles. The van der Waals surface area contributed by atoms with Crippen molar-refractivity contribution in [3.63, 3.8) is 0 Å². The minimum Gasteiger partial charge on any atom is -0.386 e. The van der Waals surface area contributed by atoms with E-state index < -0.39 is 41.2 Å². The quantitative estimate of drug-likeness (QED) is 0.122. The number of hydrogen-bond acceptors (Lipinski definition) is 13. The van der Waals surface area contributed by atoms with E-state index in [0.717, 1.165) is 71.9 Å². The smallest absolute Gasteiger partial charge is 0.274 e. The zero-order valence-corrected chi connectivity index (χ0v) is 34.8. The van der Waals surface area contributed by atoms with Crippen molar-refractivity contribution >= 4 is 68.4 Å². The summed E-state index contributed by atoms with van der Waals surface area (Å²) in [6.07, 6.45) is 4.17. The molecule has 61 heavy (non-hydrogen) atoms. The molecule has 2 saturated heterocycles. The molecule has 5 heterocycles. The van der Waals surface area contributed by atoms with Crippen LogP contribution < -0.4 is 16.0 Å². The van der Waals surface area contributed by atoms with Crippen molar-refractivity contribution in [2.45, 2.75) is 76.4 Å². The Labute approximate surface area is 356 Å². The fourth-order valence-electron chi connectivity index (χ4n) is 8.81. The van der Waals surface area contributed by atoms with Crippen molar-refractivity contribution in [1.82, 2.24) is 30.0 Å². The van der Waals surface area contributed by atoms with Gasteiger partial charge in [0.05, 0.1) is 32.0 Å². The van der Waals surface area contributed by atoms with Crippen molar-refractivity contribution in [2.75, 3.05) is 49.9 Å². The molecule has 2 aromatic carbocycles. The normalized spacial score (nSPS) is 21.0. The molecule has 6 amide bonds. The number of carbonyl (C=O) groups excluding carboxylic acids is 6. The van der Waals surface area contributed by atoms with Gasteiger partial charge in [0.25, 0.3) is 17.7 Å². The Balaban J connectivity index is 0.804. The Morgan fingerprint density at radius 1 is 0.951 bits per heavy atom. The van der Waals surface area contributed by atoms with Gasteiger partial charge in [0, 0.05) is 67.9 Å². The Morgan fingerprint density at radius 3 is 2.43 bits per heavy atom. The Morgan fingerprint density at radius 2 is 1.70 bits per heavy atom. The highest BCUT2D eigenvalue weighted by atomic mass is 32.1. The van der Waals surface area contributed by atoms with Crippen molar-refractivity contribution in [1.29, 1.82) is 5.26 Å². The van der Waals surface area contributed by atoms with Gasteiger partial charge < -0.3 is 20.6 Å². The first-order valence-corrected chi connectivity index (χ1v) is 21.6. The molecule has 8 rings (SSSR count). The van der Waals surface area contributed by atoms with Crippen LogP contribution in [0.25, 0.3) is 10.2 Å². The maximum Gasteiger partial charge on any atom is 0.274 e. The molecule has 1 aliphatic carbocycles. The highest BCUT2D eigenvalue weighted by molar-refractivity contribution is 7.18. The van der Waals surface area contributed by atoms with Gasteiger partial charge in [-0.2, -0.15) is 5.26 Å². The second-order valence-electron chi connectivity index (χ2n) is 16.6. The van der Waals surface area contributed by atoms with E-state index in [4.69, 9.17) is 4.98 Å². The first-order chi connectivity index (χ1) is 29.3. The second-order valence-corrected chi connectivity index (χ2v) is 17.7. The van der Waals surface area contributed by atoms with Gasteiger partial charge in [-0.05, 0) is 95.3 Å². The summed E-state index contributed by atoms with van der Waals surface area (Å²) in [5, 5.41) is 29.6. The molecule has 3 aliphatic heterocycles. The third kappa shape index (κ3) is 8.61. The topological polar surface area (TPSA) is 218 Å². The molecule has 17 heteroatoms. The molecule has 1 saturated carbocycles. The third-order valence-corrected chi connectivity index (χ3v) is 13.3. The van der Waals surface area contributed by atoms with Crippen LogP contribution in [0.2, 0.25) is 0 Å². The van der Waals surface area contributed by atoms with Gasteiger partial charge in [0.2, 0.25) is 17.7 Å². The zero-order valence-electron chi connectivity index (χ0n) is 34.0. The van der Waals surface area contributed by atoms with Gasteiger partial charge in [-0.1, -0.05) is 12.1 Å². The lowest BCUT2D eigenvalue weighted by Gasteiger charge is -2.37. The van der Waals surface area contributed by atoms with Crippen LogP contribution in [0.5, 0.6) is 0 Å². The van der Waals surface area contributed by atoms with E-state index in [9.17, 15) is 39.1 Å². The molecule has 0 spiro atoms. The predicted molar refractivity (Wildman–Crippen MR) is 226 cm³/mol. The summed E-state index contributed by atoms with van der Waals surface area (Å²) in [5.74, 6) is -2.24. The number of aliphatic hydroxyl groups is 1. The summed E-state index contributed by atoms with van der Waals surface area (Å²) >= 11 is 1.56. The number of rotatable bonds is 11. The maximum absolute atomic E-state index is 13.7. The lowest BCUT2D eigenvalue weighted by atomic mass is 9.81. The van der Waals surface area contributed by atoms with Crippen LogP contribution in [0.4, 0.5) is 11.4 Å². The number of nitrogens with one attached hydrogen (secondary N) is 3. The van der Waals surface area contributed by atoms with E-state index in [1.54, 1.807) is 49.4 Å². The van der Waals surface area contributed by atoms with Crippen LogP contribution in [-0.4, -0.2) is 111 Å². The van der Waals surface area contributed by atoms with Gasteiger partial charge in [-0.25, -0.2) is 9.97 Å². The highest BCUT2D eigenvalue weighted by Gasteiger charge is 2.45. The Hall–Kier alpha value is -6.09. The molecule has 4 aliphatic rings. The summed E-state index contributed by atoms with van der Waals surface area (Å²) in [4.78, 5) is 91.8. The van der Waals surface area contributed by atoms with Gasteiger partial charge in [0.15, 0.2) is 0 Å². The maximum atomic E-state index is 13.7. The number of nitrogens with zero attached hydrogens (tertiary/aromatic N) is 6. The van der Waals surface area contributed by atoms with Crippen molar-refractivity contribution in [2.24, 2.45) is 5.92 Å². The summed E-state index contributed by atoms with van der Waals surface area (Å²) < 4.78 is 0.873. The van der Waals surface area contributed by atoms with E-state index in [1.807, 2.05) is 23.1 Å². The highest BCUT2D eigenvalue weighted by Crippen LogP contribution is 2.42. The minimum atomic E-state index is -1.27. The number of carbonyl (C=O) groups is 6. The number of imide groups is 2. The Kier molecular flexibility index (Phi) is 11.7. The molecule has 1 atom stereocenters. The van der Waals surface area contributed by atoms with Crippen molar-refractivity contribution < 1.29 is 33.9 Å². The molecule has 4 aromatic rings. The number of benzene rings is 2. The average molecular weight is 846 g/mol. The fraction of sp³-hybridized carbons (Fsp3) is 0.432. The fourth-order valence-corrected chi connectivity index (χ4v) is 9.97. The lowest BCUT2D eigenvalue weighted by Crippen LogP contribution is -2.54. The third-order valence-electron chi connectivity index (χ3n) is 12.1. The van der Waals surface area contributed by atoms with E-state index in [1.165, 1.54) is 12.1 Å². The molecule has 0 bridgehead atoms. The van der Waals surface area contributed by atoms with Crippen LogP contribution in [-0.2, 0) is 20.0 Å². The molecular formula is C44H47N9O7S. The Bertz CT molecular complexity index is 2470. The number of anilines is 2. The molecule has 1 unspecified atom stereocenters. The molecule has 316 valence electrons. The van der Waals surface area contributed by atoms with E-state index in [0.29, 0.717) is 36.6 Å². The monoisotopic (exact) mass is 845 g/mol. The second kappa shape index (κ2) is 17.1. The lowest BCUT2D eigenvalue weighted by molar-refractivity contribution is -0.138. The summed E-state index contributed by atoms with van der Waals surface area (Å²) in [5.41, 5.74) is 1.68. The number of hydrogen-bond donors (Lipinski definition) is 4. The molecule has 4 N–H and O–H groups in total. The molecule has 3 fully saturated rings. The first-order valence-electron chi connectivity index (χ1n) is 20.7. The van der Waals surface area contributed by atoms with Gasteiger partial charge in [-0.15, -0.1) is 11.3 Å². The van der Waals surface area contributed by atoms with Crippen molar-refractivity contribution in [3.8, 4) is 6.07 Å². The number of fused-ring (bicyclic) bond motifs is 2. The number of pyridine rings is 1. The number of amides is 6. The zero-order chi connectivity index (χ0) is 43.0. The number of aromatic nitrogens is 2. The van der Waals surface area contributed by atoms with Crippen LogP contribution in [0.3, 0.4) is 0 Å². The van der Waals surface area contributed by atoms with E-state index in [2.05, 4.69) is 25.8 Å². The first kappa shape index (κ1) is 41.6. The standard InChI is InChI=1S/C44H47N9O7S/c1-44(2,60)29-22-33-35(23-32(29)48-38(55)31-9-3-6-27(24-45)47-31)61-40(49-33)25-10-12-26(13-11-25)41(57)52-20-18-51(19-21-52)17-5-16-46-30-8-4-7-28-37(30)43(59)53(42(28)58)34-14-15-36(54)50-39(34)56/h3-4,6-9,22-23,25-26,34,46,60H,5,10-21H2,1-2H3,(H,48,55)(H,50,54,56). The predicted octanol–water partition coefficient (Wildman–Crippen LogP) is 4.36. The number of piperazine rings is 1. The van der Waals surface area contributed by atoms with E-state index in [-0.39, 0.29) is 53.1 Å².